The van der Waals surface area contributed by atoms with E-state index in [1.807, 2.05) is 55.1 Å². The van der Waals surface area contributed by atoms with Gasteiger partial charge in [0, 0.05) is 23.1 Å². The van der Waals surface area contributed by atoms with Crippen LogP contribution in [0.1, 0.15) is 31.1 Å². The van der Waals surface area contributed by atoms with Gasteiger partial charge in [-0.2, -0.15) is 5.10 Å². The average Bonchev–Trinajstić information content (AvgIpc) is 2.89. The number of nitrogens with zero attached hydrogens (tertiary/aromatic N) is 2. The topological polar surface area (TPSA) is 55.1 Å². The highest BCUT2D eigenvalue weighted by Gasteiger charge is 2.21. The van der Waals surface area contributed by atoms with Crippen molar-refractivity contribution in [2.75, 3.05) is 0 Å². The van der Waals surface area contributed by atoms with Crippen molar-refractivity contribution in [2.24, 2.45) is 5.92 Å². The third kappa shape index (κ3) is 4.17. The van der Waals surface area contributed by atoms with Crippen LogP contribution in [0, 0.1) is 5.92 Å². The summed E-state index contributed by atoms with van der Waals surface area (Å²) >= 11 is 3.47. The SMILES string of the molecule is CC(C)n1ccc(CC(Cc2ccccc2Br)C(=O)O)n1. The molecule has 0 bridgehead atoms. The summed E-state index contributed by atoms with van der Waals surface area (Å²) in [4.78, 5) is 11.5. The Hall–Kier alpha value is -1.62. The summed E-state index contributed by atoms with van der Waals surface area (Å²) in [6.07, 6.45) is 2.83. The van der Waals surface area contributed by atoms with Crippen molar-refractivity contribution in [3.8, 4) is 0 Å². The van der Waals surface area contributed by atoms with E-state index < -0.39 is 11.9 Å². The molecule has 0 amide bonds. The summed E-state index contributed by atoms with van der Waals surface area (Å²) in [7, 11) is 0. The normalized spacial score (nSPS) is 12.6. The van der Waals surface area contributed by atoms with Crippen LogP contribution in [0.5, 0.6) is 0 Å². The minimum Gasteiger partial charge on any atom is -0.481 e. The molecule has 0 radical (unpaired) electrons. The van der Waals surface area contributed by atoms with E-state index in [0.29, 0.717) is 12.8 Å². The van der Waals surface area contributed by atoms with Gasteiger partial charge < -0.3 is 5.11 Å². The zero-order valence-electron chi connectivity index (χ0n) is 12.2. The number of carbonyl (C=O) groups is 1. The number of aromatic nitrogens is 2. The standard InChI is InChI=1S/C16H19BrN2O2/c1-11(2)19-8-7-14(18-19)10-13(16(20)21)9-12-5-3-4-6-15(12)17/h3-8,11,13H,9-10H2,1-2H3,(H,20,21). The molecule has 1 aromatic carbocycles. The third-order valence-electron chi connectivity index (χ3n) is 3.42. The average molecular weight is 351 g/mol. The van der Waals surface area contributed by atoms with Gasteiger partial charge in [0.25, 0.3) is 0 Å². The summed E-state index contributed by atoms with van der Waals surface area (Å²) < 4.78 is 2.80. The number of aliphatic carboxylic acids is 1. The lowest BCUT2D eigenvalue weighted by atomic mass is 9.95. The van der Waals surface area contributed by atoms with Crippen LogP contribution >= 0.6 is 15.9 Å². The molecule has 0 fully saturated rings. The predicted octanol–water partition coefficient (Wildman–Crippen LogP) is 3.71. The van der Waals surface area contributed by atoms with Crippen LogP contribution in [0.4, 0.5) is 0 Å². The van der Waals surface area contributed by atoms with Crippen molar-refractivity contribution in [3.05, 3.63) is 52.3 Å². The van der Waals surface area contributed by atoms with Crippen molar-refractivity contribution in [1.82, 2.24) is 9.78 Å². The maximum absolute atomic E-state index is 11.5. The van der Waals surface area contributed by atoms with Crippen molar-refractivity contribution >= 4 is 21.9 Å². The molecule has 0 saturated heterocycles. The summed E-state index contributed by atoms with van der Waals surface area (Å²) in [5.74, 6) is -1.26. The summed E-state index contributed by atoms with van der Waals surface area (Å²) in [6.45, 7) is 4.10. The first kappa shape index (κ1) is 15.8. The molecule has 4 nitrogen and oxygen atoms in total. The Bertz CT molecular complexity index is 622. The summed E-state index contributed by atoms with van der Waals surface area (Å²) in [5.41, 5.74) is 1.83. The summed E-state index contributed by atoms with van der Waals surface area (Å²) in [6, 6.07) is 9.91. The highest BCUT2D eigenvalue weighted by atomic mass is 79.9. The van der Waals surface area contributed by atoms with Crippen LogP contribution in [0.15, 0.2) is 41.0 Å². The van der Waals surface area contributed by atoms with Crippen molar-refractivity contribution < 1.29 is 9.90 Å². The van der Waals surface area contributed by atoms with E-state index >= 15 is 0 Å². The molecule has 2 rings (SSSR count). The molecule has 0 aliphatic carbocycles. The minimum absolute atomic E-state index is 0.283. The maximum atomic E-state index is 11.5. The van der Waals surface area contributed by atoms with Crippen LogP contribution in [-0.2, 0) is 17.6 Å². The first-order valence-electron chi connectivity index (χ1n) is 6.97. The van der Waals surface area contributed by atoms with E-state index in [-0.39, 0.29) is 6.04 Å². The van der Waals surface area contributed by atoms with Gasteiger partial charge in [-0.15, -0.1) is 0 Å². The lowest BCUT2D eigenvalue weighted by molar-refractivity contribution is -0.141. The number of hydrogen-bond donors (Lipinski definition) is 1. The van der Waals surface area contributed by atoms with E-state index in [2.05, 4.69) is 21.0 Å². The number of benzene rings is 1. The number of carboxylic acids is 1. The lowest BCUT2D eigenvalue weighted by Crippen LogP contribution is -2.20. The Morgan fingerprint density at radius 3 is 2.57 bits per heavy atom. The van der Waals surface area contributed by atoms with Gasteiger partial charge in [0.05, 0.1) is 11.6 Å². The quantitative estimate of drug-likeness (QED) is 0.863. The largest absolute Gasteiger partial charge is 0.481 e. The molecule has 0 aliphatic heterocycles. The lowest BCUT2D eigenvalue weighted by Gasteiger charge is -2.12. The van der Waals surface area contributed by atoms with Gasteiger partial charge in [0.15, 0.2) is 0 Å². The highest BCUT2D eigenvalue weighted by Crippen LogP contribution is 2.21. The number of rotatable bonds is 6. The van der Waals surface area contributed by atoms with E-state index in [9.17, 15) is 9.90 Å². The monoisotopic (exact) mass is 350 g/mol. The molecular weight excluding hydrogens is 332 g/mol. The van der Waals surface area contributed by atoms with Crippen LogP contribution in [0.3, 0.4) is 0 Å². The molecule has 1 unspecified atom stereocenters. The Kier molecular flexibility index (Phi) is 5.17. The van der Waals surface area contributed by atoms with Crippen LogP contribution in [-0.4, -0.2) is 20.9 Å². The first-order valence-corrected chi connectivity index (χ1v) is 7.77. The second-order valence-electron chi connectivity index (χ2n) is 5.42. The molecule has 0 aliphatic rings. The van der Waals surface area contributed by atoms with E-state index in [1.165, 1.54) is 0 Å². The second kappa shape index (κ2) is 6.89. The van der Waals surface area contributed by atoms with Crippen molar-refractivity contribution in [1.29, 1.82) is 0 Å². The van der Waals surface area contributed by atoms with Gasteiger partial charge in [-0.1, -0.05) is 34.1 Å². The fraction of sp³-hybridized carbons (Fsp3) is 0.375. The van der Waals surface area contributed by atoms with Crippen molar-refractivity contribution in [3.63, 3.8) is 0 Å². The van der Waals surface area contributed by atoms with Gasteiger partial charge in [-0.25, -0.2) is 0 Å². The Morgan fingerprint density at radius 1 is 1.29 bits per heavy atom. The zero-order chi connectivity index (χ0) is 15.4. The summed E-state index contributed by atoms with van der Waals surface area (Å²) in [5, 5.41) is 13.9. The van der Waals surface area contributed by atoms with E-state index in [0.717, 1.165) is 15.7 Å². The molecule has 1 aromatic heterocycles. The Morgan fingerprint density at radius 2 is 2.00 bits per heavy atom. The molecule has 0 spiro atoms. The van der Waals surface area contributed by atoms with E-state index in [1.54, 1.807) is 0 Å². The van der Waals surface area contributed by atoms with Gasteiger partial charge in [-0.3, -0.25) is 9.48 Å². The van der Waals surface area contributed by atoms with Gasteiger partial charge >= 0.3 is 5.97 Å². The van der Waals surface area contributed by atoms with E-state index in [4.69, 9.17) is 0 Å². The molecule has 1 atom stereocenters. The number of halogens is 1. The van der Waals surface area contributed by atoms with Crippen LogP contribution in [0.25, 0.3) is 0 Å². The third-order valence-corrected chi connectivity index (χ3v) is 4.20. The fourth-order valence-electron chi connectivity index (χ4n) is 2.20. The Labute approximate surface area is 132 Å². The molecule has 0 saturated carbocycles. The first-order chi connectivity index (χ1) is 9.97. The van der Waals surface area contributed by atoms with Crippen molar-refractivity contribution in [2.45, 2.75) is 32.7 Å². The Balaban J connectivity index is 2.12. The highest BCUT2D eigenvalue weighted by molar-refractivity contribution is 9.10. The van der Waals surface area contributed by atoms with Gasteiger partial charge in [0.1, 0.15) is 0 Å². The van der Waals surface area contributed by atoms with Gasteiger partial charge in [-0.05, 0) is 38.0 Å². The molecule has 21 heavy (non-hydrogen) atoms. The minimum atomic E-state index is -0.787. The molecule has 1 heterocycles. The molecule has 5 heteroatoms. The second-order valence-corrected chi connectivity index (χ2v) is 6.27. The zero-order valence-corrected chi connectivity index (χ0v) is 13.7. The number of hydrogen-bond acceptors (Lipinski definition) is 2. The molecular formula is C16H19BrN2O2. The predicted molar refractivity (Wildman–Crippen MR) is 85.3 cm³/mol. The van der Waals surface area contributed by atoms with Crippen LogP contribution in [0.2, 0.25) is 0 Å². The van der Waals surface area contributed by atoms with Gasteiger partial charge in [0.2, 0.25) is 0 Å². The fourth-order valence-corrected chi connectivity index (χ4v) is 2.65. The maximum Gasteiger partial charge on any atom is 0.307 e. The molecule has 2 aromatic rings. The number of carboxylic acid groups (broad SMARTS) is 1. The molecule has 1 N–H and O–H groups in total. The van der Waals surface area contributed by atoms with Crippen LogP contribution < -0.4 is 0 Å². The smallest absolute Gasteiger partial charge is 0.307 e. The molecule has 112 valence electrons.